The number of ether oxygens (including phenoxy) is 3. The van der Waals surface area contributed by atoms with Gasteiger partial charge in [0.15, 0.2) is 0 Å². The van der Waals surface area contributed by atoms with Crippen LogP contribution in [0.1, 0.15) is 23.1 Å². The average molecular weight is 518 g/mol. The Hall–Kier alpha value is -2.50. The van der Waals surface area contributed by atoms with Gasteiger partial charge < -0.3 is 19.5 Å². The highest BCUT2D eigenvalue weighted by Crippen LogP contribution is 2.26. The number of carbonyl (C=O) groups excluding carboxylic acids is 1. The predicted molar refractivity (Wildman–Crippen MR) is 135 cm³/mol. The molecule has 0 spiro atoms. The van der Waals surface area contributed by atoms with Crippen LogP contribution in [0.2, 0.25) is 0 Å². The van der Waals surface area contributed by atoms with Gasteiger partial charge in [-0.05, 0) is 41.3 Å². The van der Waals surface area contributed by atoms with Crippen LogP contribution in [0.3, 0.4) is 0 Å². The Morgan fingerprint density at radius 3 is 2.39 bits per heavy atom. The molecular weight excluding hydrogens is 482 g/mol. The summed E-state index contributed by atoms with van der Waals surface area (Å²) in [5.74, 6) is 0.469. The van der Waals surface area contributed by atoms with Gasteiger partial charge >= 0.3 is 0 Å². The third kappa shape index (κ3) is 7.04. The molecule has 4 rings (SSSR count). The monoisotopic (exact) mass is 517 g/mol. The quantitative estimate of drug-likeness (QED) is 0.513. The molecule has 1 amide bonds. The van der Waals surface area contributed by atoms with Crippen molar-refractivity contribution in [2.45, 2.75) is 30.8 Å². The minimum atomic E-state index is -3.62. The third-order valence-electron chi connectivity index (χ3n) is 6.47. The molecule has 0 aromatic heterocycles. The maximum Gasteiger partial charge on any atom is 0.243 e. The molecular formula is C26H35N3O6S. The van der Waals surface area contributed by atoms with E-state index in [1.54, 1.807) is 25.3 Å². The Morgan fingerprint density at radius 1 is 0.972 bits per heavy atom. The number of morpholine rings is 2. The van der Waals surface area contributed by atoms with Crippen LogP contribution >= 0.6 is 0 Å². The van der Waals surface area contributed by atoms with Gasteiger partial charge in [-0.2, -0.15) is 4.31 Å². The van der Waals surface area contributed by atoms with Gasteiger partial charge in [-0.25, -0.2) is 8.42 Å². The lowest BCUT2D eigenvalue weighted by molar-refractivity contribution is -0.121. The highest BCUT2D eigenvalue weighted by atomic mass is 32.2. The molecule has 2 aromatic rings. The molecule has 0 aliphatic carbocycles. The topological polar surface area (TPSA) is 97.4 Å². The Kier molecular flexibility index (Phi) is 9.33. The van der Waals surface area contributed by atoms with Crippen molar-refractivity contribution < 1.29 is 27.4 Å². The first kappa shape index (κ1) is 26.6. The Bertz CT molecular complexity index is 1130. The normalized spacial score (nSPS) is 17.6. The van der Waals surface area contributed by atoms with Gasteiger partial charge in [-0.15, -0.1) is 0 Å². The van der Waals surface area contributed by atoms with Crippen molar-refractivity contribution in [2.75, 3.05) is 59.7 Å². The summed E-state index contributed by atoms with van der Waals surface area (Å²) in [6.45, 7) is 6.15. The Labute approximate surface area is 213 Å². The van der Waals surface area contributed by atoms with Crippen molar-refractivity contribution >= 4 is 15.9 Å². The van der Waals surface area contributed by atoms with Crippen LogP contribution in [0.15, 0.2) is 47.4 Å². The number of benzene rings is 2. The maximum atomic E-state index is 13.0. The fraction of sp³-hybridized carbons (Fsp3) is 0.500. The van der Waals surface area contributed by atoms with Crippen molar-refractivity contribution in [1.29, 1.82) is 0 Å². The van der Waals surface area contributed by atoms with E-state index < -0.39 is 10.0 Å². The number of hydrogen-bond donors (Lipinski definition) is 1. The number of rotatable bonds is 10. The van der Waals surface area contributed by atoms with E-state index in [2.05, 4.69) is 22.3 Å². The zero-order valence-electron chi connectivity index (χ0n) is 20.8. The summed E-state index contributed by atoms with van der Waals surface area (Å²) in [7, 11) is -2.08. The predicted octanol–water partition coefficient (Wildman–Crippen LogP) is 1.80. The third-order valence-corrected chi connectivity index (χ3v) is 8.37. The smallest absolute Gasteiger partial charge is 0.243 e. The van der Waals surface area contributed by atoms with Crippen molar-refractivity contribution in [1.82, 2.24) is 14.5 Å². The Morgan fingerprint density at radius 2 is 1.67 bits per heavy atom. The molecule has 2 fully saturated rings. The summed E-state index contributed by atoms with van der Waals surface area (Å²) in [6, 6.07) is 13.1. The molecule has 10 heteroatoms. The zero-order valence-corrected chi connectivity index (χ0v) is 21.6. The van der Waals surface area contributed by atoms with E-state index in [0.717, 1.165) is 38.4 Å². The number of nitrogens with one attached hydrogen (secondary N) is 1. The van der Waals surface area contributed by atoms with Crippen LogP contribution in [-0.2, 0) is 43.8 Å². The van der Waals surface area contributed by atoms with E-state index in [-0.39, 0.29) is 17.2 Å². The summed E-state index contributed by atoms with van der Waals surface area (Å²) >= 11 is 0. The summed E-state index contributed by atoms with van der Waals surface area (Å²) in [6.07, 6.45) is 0.601. The van der Waals surface area contributed by atoms with Crippen molar-refractivity contribution in [3.8, 4) is 5.75 Å². The van der Waals surface area contributed by atoms with Crippen LogP contribution in [0.25, 0.3) is 0 Å². The first-order chi connectivity index (χ1) is 17.5. The number of nitrogens with zero attached hydrogens (tertiary/aromatic N) is 2. The van der Waals surface area contributed by atoms with E-state index >= 15 is 0 Å². The second-order valence-electron chi connectivity index (χ2n) is 8.98. The summed E-state index contributed by atoms with van der Waals surface area (Å²) < 4.78 is 43.6. The average Bonchev–Trinajstić information content (AvgIpc) is 2.92. The molecule has 0 bridgehead atoms. The van der Waals surface area contributed by atoms with Crippen LogP contribution in [-0.4, -0.2) is 83.2 Å². The standard InChI is InChI=1S/C26H35N3O6S/c1-33-25-7-6-24(36(31,32)29-11-15-35-16-12-29)18-23(25)5-8-26(30)27-19-21-3-2-4-22(17-21)20-28-9-13-34-14-10-28/h2-4,6-7,17-18H,5,8-16,19-20H2,1H3,(H,27,30). The number of sulfonamides is 1. The van der Waals surface area contributed by atoms with Gasteiger partial charge in [0.25, 0.3) is 0 Å². The molecule has 196 valence electrons. The molecule has 0 atom stereocenters. The zero-order chi connectivity index (χ0) is 25.4. The first-order valence-corrected chi connectivity index (χ1v) is 13.8. The number of aryl methyl sites for hydroxylation is 1. The van der Waals surface area contributed by atoms with Crippen molar-refractivity contribution in [2.24, 2.45) is 0 Å². The number of methoxy groups -OCH3 is 1. The second kappa shape index (κ2) is 12.6. The fourth-order valence-electron chi connectivity index (χ4n) is 4.44. The van der Waals surface area contributed by atoms with E-state index in [9.17, 15) is 13.2 Å². The summed E-state index contributed by atoms with van der Waals surface area (Å²) in [4.78, 5) is 15.2. The molecule has 2 aromatic carbocycles. The van der Waals surface area contributed by atoms with Crippen LogP contribution in [0, 0.1) is 0 Å². The molecule has 2 aliphatic rings. The molecule has 2 saturated heterocycles. The molecule has 0 saturated carbocycles. The van der Waals surface area contributed by atoms with Crippen LogP contribution < -0.4 is 10.1 Å². The van der Waals surface area contributed by atoms with Gasteiger partial charge in [0.2, 0.25) is 15.9 Å². The van der Waals surface area contributed by atoms with Gasteiger partial charge in [0.1, 0.15) is 5.75 Å². The largest absolute Gasteiger partial charge is 0.496 e. The molecule has 0 unspecified atom stereocenters. The Balaban J connectivity index is 1.33. The van der Waals surface area contributed by atoms with E-state index in [1.807, 2.05) is 12.1 Å². The maximum absolute atomic E-state index is 13.0. The van der Waals surface area contributed by atoms with Gasteiger partial charge in [-0.1, -0.05) is 24.3 Å². The SMILES string of the molecule is COc1ccc(S(=O)(=O)N2CCOCC2)cc1CCC(=O)NCc1cccc(CN2CCOCC2)c1. The van der Waals surface area contributed by atoms with Gasteiger partial charge in [0.05, 0.1) is 38.4 Å². The minimum absolute atomic E-state index is 0.0999. The molecule has 2 aliphatic heterocycles. The molecule has 9 nitrogen and oxygen atoms in total. The van der Waals surface area contributed by atoms with E-state index in [4.69, 9.17) is 14.2 Å². The van der Waals surface area contributed by atoms with Crippen LogP contribution in [0.5, 0.6) is 5.75 Å². The molecule has 1 N–H and O–H groups in total. The number of hydrogen-bond acceptors (Lipinski definition) is 7. The van der Waals surface area contributed by atoms with Gasteiger partial charge in [0, 0.05) is 45.7 Å². The highest BCUT2D eigenvalue weighted by molar-refractivity contribution is 7.89. The number of carbonyl (C=O) groups is 1. The van der Waals surface area contributed by atoms with Crippen molar-refractivity contribution in [3.05, 3.63) is 59.2 Å². The first-order valence-electron chi connectivity index (χ1n) is 12.3. The lowest BCUT2D eigenvalue weighted by atomic mass is 10.1. The van der Waals surface area contributed by atoms with E-state index in [1.165, 1.54) is 9.87 Å². The summed E-state index contributed by atoms with van der Waals surface area (Å²) in [5.41, 5.74) is 2.95. The van der Waals surface area contributed by atoms with E-state index in [0.29, 0.717) is 50.6 Å². The fourth-order valence-corrected chi connectivity index (χ4v) is 5.90. The summed E-state index contributed by atoms with van der Waals surface area (Å²) in [5, 5.41) is 2.98. The lowest BCUT2D eigenvalue weighted by Gasteiger charge is -2.26. The highest BCUT2D eigenvalue weighted by Gasteiger charge is 2.27. The minimum Gasteiger partial charge on any atom is -0.496 e. The van der Waals surface area contributed by atoms with Gasteiger partial charge in [-0.3, -0.25) is 9.69 Å². The van der Waals surface area contributed by atoms with Crippen molar-refractivity contribution in [3.63, 3.8) is 0 Å². The second-order valence-corrected chi connectivity index (χ2v) is 10.9. The molecule has 0 radical (unpaired) electrons. The lowest BCUT2D eigenvalue weighted by Crippen LogP contribution is -2.40. The molecule has 2 heterocycles. The van der Waals surface area contributed by atoms with Crippen LogP contribution in [0.4, 0.5) is 0 Å². The molecule has 36 heavy (non-hydrogen) atoms. The number of amides is 1.